The van der Waals surface area contributed by atoms with Crippen molar-refractivity contribution < 1.29 is 0 Å². The van der Waals surface area contributed by atoms with E-state index in [2.05, 4.69) is 105 Å². The fourth-order valence-corrected chi connectivity index (χ4v) is 16.0. The summed E-state index contributed by atoms with van der Waals surface area (Å²) < 4.78 is 4.21. The van der Waals surface area contributed by atoms with Gasteiger partial charge in [-0.3, -0.25) is 0 Å². The molecule has 2 aromatic rings. The molecule has 8 heteroatoms. The summed E-state index contributed by atoms with van der Waals surface area (Å²) in [6, 6.07) is 20.4. The molecular weight excluding hydrogens is 510 g/mol. The molecule has 2 aliphatic rings. The van der Waals surface area contributed by atoms with E-state index in [-0.39, 0.29) is 0 Å². The Kier molecular flexibility index (Phi) is 8.28. The molecule has 4 atom stereocenters. The van der Waals surface area contributed by atoms with Crippen molar-refractivity contribution in [3.05, 3.63) is 48.5 Å². The van der Waals surface area contributed by atoms with E-state index in [9.17, 15) is 0 Å². The first-order valence-corrected chi connectivity index (χ1v) is 26.7. The summed E-state index contributed by atoms with van der Waals surface area (Å²) >= 11 is 0. The van der Waals surface area contributed by atoms with E-state index in [4.69, 9.17) is 13.0 Å². The van der Waals surface area contributed by atoms with Crippen LogP contribution in [0.15, 0.2) is 53.1 Å². The van der Waals surface area contributed by atoms with E-state index in [1.54, 1.807) is 17.0 Å². The average molecular weight is 558 g/mol. The van der Waals surface area contributed by atoms with E-state index in [1.807, 2.05) is 0 Å². The molecule has 4 unspecified atom stereocenters. The van der Waals surface area contributed by atoms with Gasteiger partial charge in [-0.25, -0.2) is 0 Å². The fraction of sp³-hybridized carbons (Fsp3) is 0.586. The number of hydrogen-bond donors (Lipinski definition) is 1. The zero-order chi connectivity index (χ0) is 27.2. The first-order chi connectivity index (χ1) is 17.2. The molecule has 1 radical (unpaired) electrons. The van der Waals surface area contributed by atoms with Gasteiger partial charge in [-0.15, -0.1) is 0 Å². The molecule has 0 spiro atoms. The molecule has 195 valence electrons. The number of rotatable bonds is 10. The molecular formula is C29H47B2N2Si4. The van der Waals surface area contributed by atoms with Gasteiger partial charge < -0.3 is 0 Å². The van der Waals surface area contributed by atoms with Gasteiger partial charge in [0.2, 0.25) is 0 Å². The molecule has 0 aliphatic heterocycles. The van der Waals surface area contributed by atoms with Crippen molar-refractivity contribution in [2.24, 2.45) is 22.3 Å². The van der Waals surface area contributed by atoms with Crippen LogP contribution in [-0.2, 0) is 0 Å². The van der Waals surface area contributed by atoms with E-state index in [0.717, 1.165) is 23.3 Å². The average Bonchev–Trinajstić information content (AvgIpc) is 3.49. The summed E-state index contributed by atoms with van der Waals surface area (Å²) in [6.45, 7) is 21.1. The summed E-state index contributed by atoms with van der Waals surface area (Å²) in [5.74, 6) is 2.82. The summed E-state index contributed by atoms with van der Waals surface area (Å²) in [5.41, 5.74) is 0.923. The minimum atomic E-state index is -1.84. The maximum absolute atomic E-state index is 7.86. The molecule has 2 aromatic carbocycles. The third-order valence-electron chi connectivity index (χ3n) is 10.4. The van der Waals surface area contributed by atoms with Crippen LogP contribution < -0.4 is 20.7 Å². The zero-order valence-corrected chi connectivity index (χ0v) is 28.6. The molecule has 2 fully saturated rings. The summed E-state index contributed by atoms with van der Waals surface area (Å²) in [4.78, 5) is 0. The third-order valence-corrected chi connectivity index (χ3v) is 23.2. The quantitative estimate of drug-likeness (QED) is 0.366. The normalized spacial score (nSPS) is 24.2. The Morgan fingerprint density at radius 3 is 1.86 bits per heavy atom. The van der Waals surface area contributed by atoms with E-state index in [1.165, 1.54) is 42.1 Å². The monoisotopic (exact) mass is 557 g/mol. The van der Waals surface area contributed by atoms with Crippen molar-refractivity contribution in [2.75, 3.05) is 0 Å². The number of nitrogens with zero attached hydrogens (tertiary/aromatic N) is 1. The first-order valence-electron chi connectivity index (χ1n) is 14.4. The van der Waals surface area contributed by atoms with Gasteiger partial charge in [0.15, 0.2) is 0 Å². The number of benzene rings is 2. The van der Waals surface area contributed by atoms with Gasteiger partial charge in [0, 0.05) is 0 Å². The van der Waals surface area contributed by atoms with Crippen molar-refractivity contribution in [2.45, 2.75) is 89.6 Å². The van der Waals surface area contributed by atoms with Gasteiger partial charge in [0.1, 0.15) is 0 Å². The van der Waals surface area contributed by atoms with E-state index in [0.29, 0.717) is 0 Å². The molecule has 37 heavy (non-hydrogen) atoms. The number of hydrogen-bond acceptors (Lipinski definition) is 2. The predicted octanol–water partition coefficient (Wildman–Crippen LogP) is 5.67. The van der Waals surface area contributed by atoms with Crippen molar-refractivity contribution in [3.8, 4) is 0 Å². The third kappa shape index (κ3) is 5.82. The van der Waals surface area contributed by atoms with Crippen LogP contribution in [0.4, 0.5) is 0 Å². The van der Waals surface area contributed by atoms with Crippen LogP contribution in [0.3, 0.4) is 0 Å². The molecule has 2 aliphatic carbocycles. The second kappa shape index (κ2) is 10.5. The van der Waals surface area contributed by atoms with Gasteiger partial charge in [-0.2, -0.15) is 0 Å². The Labute approximate surface area is 232 Å². The Bertz CT molecular complexity index is 1130. The molecule has 0 heterocycles. The molecule has 0 amide bonds. The van der Waals surface area contributed by atoms with Gasteiger partial charge in [0.25, 0.3) is 0 Å². The Morgan fingerprint density at radius 1 is 0.784 bits per heavy atom. The molecule has 1 N–H and O–H groups in total. The number of fused-ring (bicyclic) bond motifs is 2. The van der Waals surface area contributed by atoms with Crippen molar-refractivity contribution in [1.82, 2.24) is 0 Å². The van der Waals surface area contributed by atoms with Gasteiger partial charge in [0.05, 0.1) is 0 Å². The SMILES string of the molecule is [B]=N[Si](C)(C)c1ccc([Si](C)(C)CCC2CC3CC2C([Si](C)(C)c2ccc([Si](C)(C)B=N)cc2)C3)cc1. The van der Waals surface area contributed by atoms with Crippen molar-refractivity contribution in [3.63, 3.8) is 0 Å². The summed E-state index contributed by atoms with van der Waals surface area (Å²) in [6.07, 6.45) is 5.85. The van der Waals surface area contributed by atoms with Crippen molar-refractivity contribution >= 4 is 67.4 Å². The predicted molar refractivity (Wildman–Crippen MR) is 175 cm³/mol. The van der Waals surface area contributed by atoms with Crippen molar-refractivity contribution in [1.29, 1.82) is 5.31 Å². The van der Waals surface area contributed by atoms with Crippen LogP contribution in [0.5, 0.6) is 0 Å². The second-order valence-electron chi connectivity index (χ2n) is 14.5. The van der Waals surface area contributed by atoms with Crippen LogP contribution in [0.1, 0.15) is 25.7 Å². The Morgan fingerprint density at radius 2 is 1.32 bits per heavy atom. The molecule has 2 saturated carbocycles. The molecule has 2 bridgehead atoms. The van der Waals surface area contributed by atoms with Gasteiger partial charge >= 0.3 is 233 Å². The van der Waals surface area contributed by atoms with Crippen LogP contribution in [0.2, 0.25) is 64.0 Å². The van der Waals surface area contributed by atoms with Crippen LogP contribution >= 0.6 is 0 Å². The minimum absolute atomic E-state index is 0.923. The molecule has 0 aromatic heterocycles. The first kappa shape index (κ1) is 29.0. The fourth-order valence-electron chi connectivity index (χ4n) is 7.38. The van der Waals surface area contributed by atoms with Crippen LogP contribution in [0, 0.1) is 23.1 Å². The summed E-state index contributed by atoms with van der Waals surface area (Å²) in [5, 5.41) is 13.8. The molecule has 2 nitrogen and oxygen atoms in total. The van der Waals surface area contributed by atoms with Gasteiger partial charge in [-0.05, 0) is 0 Å². The van der Waals surface area contributed by atoms with Crippen LogP contribution in [-0.4, -0.2) is 46.6 Å². The zero-order valence-electron chi connectivity index (χ0n) is 24.6. The molecule has 4 rings (SSSR count). The Hall–Kier alpha value is -0.963. The van der Waals surface area contributed by atoms with Crippen LogP contribution in [0.25, 0.3) is 0 Å². The topological polar surface area (TPSA) is 36.2 Å². The molecule has 0 saturated heterocycles. The Balaban J connectivity index is 1.44. The maximum atomic E-state index is 7.86. The standard InChI is InChI=1S/C29H47B2N2Si4/c1-34(2,24-9-15-27(16-10-24)37(7,8)33-30)18-17-23-19-22-20-28(23)29(21-22)35(3,4)25-11-13-26(14-12-25)36(5,6)31-32/h9-16,22-23,28-29,32H,17-21H2,1-8H3. The van der Waals surface area contributed by atoms with E-state index >= 15 is 0 Å². The second-order valence-corrected chi connectivity index (χ2v) is 32.3. The number of nitrogens with one attached hydrogen (secondary N) is 1. The summed E-state index contributed by atoms with van der Waals surface area (Å²) in [7, 11) is -0.862. The van der Waals surface area contributed by atoms with Gasteiger partial charge in [-0.1, -0.05) is 0 Å². The van der Waals surface area contributed by atoms with E-state index < -0.39 is 32.3 Å².